The van der Waals surface area contributed by atoms with Crippen molar-refractivity contribution in [3.63, 3.8) is 0 Å². The van der Waals surface area contributed by atoms with Crippen LogP contribution < -0.4 is 10.1 Å². The number of ether oxygens (including phenoxy) is 1. The molecule has 2 aromatic rings. The third-order valence-corrected chi connectivity index (χ3v) is 5.67. The maximum atomic E-state index is 10.3. The Morgan fingerprint density at radius 3 is 2.70 bits per heavy atom. The molecule has 1 atom stereocenters. The van der Waals surface area contributed by atoms with Crippen molar-refractivity contribution in [1.82, 2.24) is 20.0 Å². The van der Waals surface area contributed by atoms with E-state index in [0.29, 0.717) is 19.7 Å². The topological polar surface area (TPSA) is 62.6 Å². The molecule has 6 nitrogen and oxygen atoms in total. The molecule has 27 heavy (non-hydrogen) atoms. The molecule has 148 valence electrons. The number of aliphatic hydroxyl groups excluding tert-OH is 1. The van der Waals surface area contributed by atoms with E-state index in [4.69, 9.17) is 4.74 Å². The van der Waals surface area contributed by atoms with Crippen LogP contribution in [0.1, 0.15) is 16.8 Å². The summed E-state index contributed by atoms with van der Waals surface area (Å²) in [6, 6.07) is 8.02. The highest BCUT2D eigenvalue weighted by atomic mass is 32.2. The van der Waals surface area contributed by atoms with Crippen LogP contribution >= 0.6 is 11.8 Å². The summed E-state index contributed by atoms with van der Waals surface area (Å²) < 4.78 is 7.77. The minimum atomic E-state index is -0.466. The molecule has 2 N–H and O–H groups in total. The van der Waals surface area contributed by atoms with Crippen molar-refractivity contribution >= 4 is 11.8 Å². The van der Waals surface area contributed by atoms with Crippen LogP contribution in [-0.4, -0.2) is 63.6 Å². The van der Waals surface area contributed by atoms with Crippen LogP contribution in [0.3, 0.4) is 0 Å². The lowest BCUT2D eigenvalue weighted by molar-refractivity contribution is 0.0711. The van der Waals surface area contributed by atoms with E-state index >= 15 is 0 Å². The van der Waals surface area contributed by atoms with Crippen LogP contribution in [0.2, 0.25) is 0 Å². The molecule has 0 unspecified atom stereocenters. The van der Waals surface area contributed by atoms with Gasteiger partial charge in [-0.05, 0) is 13.0 Å². The Labute approximate surface area is 165 Å². The Morgan fingerprint density at radius 2 is 1.96 bits per heavy atom. The van der Waals surface area contributed by atoms with Gasteiger partial charge in [0.2, 0.25) is 0 Å². The second-order valence-electron chi connectivity index (χ2n) is 7.00. The van der Waals surface area contributed by atoms with Crippen LogP contribution in [0.25, 0.3) is 0 Å². The number of aliphatic hydroxyl groups is 1. The van der Waals surface area contributed by atoms with E-state index in [-0.39, 0.29) is 0 Å². The predicted octanol–water partition coefficient (Wildman–Crippen LogP) is 1.81. The van der Waals surface area contributed by atoms with Crippen molar-refractivity contribution in [3.8, 4) is 5.75 Å². The van der Waals surface area contributed by atoms with Gasteiger partial charge >= 0.3 is 0 Å². The summed E-state index contributed by atoms with van der Waals surface area (Å²) in [6.07, 6.45) is 1.58. The molecule has 1 aliphatic heterocycles. The van der Waals surface area contributed by atoms with Crippen molar-refractivity contribution in [1.29, 1.82) is 0 Å². The van der Waals surface area contributed by atoms with Gasteiger partial charge < -0.3 is 15.2 Å². The Hall–Kier alpha value is -1.54. The van der Waals surface area contributed by atoms with Crippen LogP contribution in [0, 0.1) is 6.92 Å². The summed E-state index contributed by atoms with van der Waals surface area (Å²) in [5.74, 6) is 3.14. The fourth-order valence-corrected chi connectivity index (χ4v) is 4.24. The number of para-hydroxylation sites is 1. The van der Waals surface area contributed by atoms with Gasteiger partial charge in [0.05, 0.1) is 5.69 Å². The molecule has 1 aromatic carbocycles. The Balaban J connectivity index is 1.47. The smallest absolute Gasteiger partial charge is 0.123 e. The van der Waals surface area contributed by atoms with E-state index in [0.717, 1.165) is 48.1 Å². The van der Waals surface area contributed by atoms with E-state index in [1.54, 1.807) is 0 Å². The highest BCUT2D eigenvalue weighted by Gasteiger charge is 2.15. The van der Waals surface area contributed by atoms with Gasteiger partial charge in [0.15, 0.2) is 0 Å². The van der Waals surface area contributed by atoms with Gasteiger partial charge in [0, 0.05) is 68.6 Å². The van der Waals surface area contributed by atoms with Gasteiger partial charge in [-0.15, -0.1) is 0 Å². The van der Waals surface area contributed by atoms with Gasteiger partial charge in [0.1, 0.15) is 18.5 Å². The quantitative estimate of drug-likeness (QED) is 0.681. The van der Waals surface area contributed by atoms with Crippen LogP contribution in [0.5, 0.6) is 5.75 Å². The standard InChI is InChI=1S/C20H30N4O2S/c1-16-18(13-23(2)22-16)12-21-11-17-5-3-4-6-20(17)26-15-19(25)14-24-7-9-27-10-8-24/h3-6,13,19,21,25H,7-12,14-15H2,1-2H3/t19-/m0/s1. The summed E-state index contributed by atoms with van der Waals surface area (Å²) in [7, 11) is 1.94. The normalized spacial score (nSPS) is 16.4. The van der Waals surface area contributed by atoms with Gasteiger partial charge in [0.25, 0.3) is 0 Å². The molecule has 2 heterocycles. The number of rotatable bonds is 9. The number of hydrogen-bond donors (Lipinski definition) is 2. The van der Waals surface area contributed by atoms with E-state index in [1.165, 1.54) is 5.56 Å². The fourth-order valence-electron chi connectivity index (χ4n) is 3.27. The zero-order valence-electron chi connectivity index (χ0n) is 16.2. The Morgan fingerprint density at radius 1 is 1.22 bits per heavy atom. The monoisotopic (exact) mass is 390 g/mol. The number of nitrogens with zero attached hydrogens (tertiary/aromatic N) is 3. The highest BCUT2D eigenvalue weighted by Crippen LogP contribution is 2.18. The molecule has 0 saturated carbocycles. The summed E-state index contributed by atoms with van der Waals surface area (Å²) >= 11 is 1.98. The van der Waals surface area contributed by atoms with Gasteiger partial charge in [-0.3, -0.25) is 9.58 Å². The minimum absolute atomic E-state index is 0.322. The lowest BCUT2D eigenvalue weighted by Crippen LogP contribution is -2.40. The van der Waals surface area contributed by atoms with Gasteiger partial charge in [-0.2, -0.15) is 16.9 Å². The molecule has 0 aliphatic carbocycles. The molecular weight excluding hydrogens is 360 g/mol. The maximum Gasteiger partial charge on any atom is 0.123 e. The SMILES string of the molecule is Cc1nn(C)cc1CNCc1ccccc1OC[C@@H](O)CN1CCSCC1. The zero-order valence-corrected chi connectivity index (χ0v) is 17.0. The van der Waals surface area contributed by atoms with E-state index < -0.39 is 6.10 Å². The summed E-state index contributed by atoms with van der Waals surface area (Å²) in [6.45, 7) is 6.61. The maximum absolute atomic E-state index is 10.3. The molecule has 1 fully saturated rings. The molecule has 1 aliphatic rings. The van der Waals surface area contributed by atoms with Crippen molar-refractivity contribution in [2.75, 3.05) is 37.7 Å². The van der Waals surface area contributed by atoms with Crippen molar-refractivity contribution in [3.05, 3.63) is 47.3 Å². The molecule has 7 heteroatoms. The first-order chi connectivity index (χ1) is 13.1. The molecule has 1 aromatic heterocycles. The Bertz CT molecular complexity index is 716. The summed E-state index contributed by atoms with van der Waals surface area (Å²) in [4.78, 5) is 2.31. The first-order valence-electron chi connectivity index (χ1n) is 9.50. The fraction of sp³-hybridized carbons (Fsp3) is 0.550. The highest BCUT2D eigenvalue weighted by molar-refractivity contribution is 7.99. The average Bonchev–Trinajstić information content (AvgIpc) is 2.99. The first kappa shape index (κ1) is 20.2. The van der Waals surface area contributed by atoms with Crippen LogP contribution in [-0.2, 0) is 20.1 Å². The number of benzene rings is 1. The Kier molecular flexibility index (Phi) is 7.58. The lowest BCUT2D eigenvalue weighted by atomic mass is 10.2. The van der Waals surface area contributed by atoms with Crippen LogP contribution in [0.4, 0.5) is 0 Å². The second-order valence-corrected chi connectivity index (χ2v) is 8.23. The van der Waals surface area contributed by atoms with Crippen molar-refractivity contribution in [2.45, 2.75) is 26.1 Å². The number of thioether (sulfide) groups is 1. The number of aryl methyl sites for hydroxylation is 2. The molecule has 0 radical (unpaired) electrons. The summed E-state index contributed by atoms with van der Waals surface area (Å²) in [5.41, 5.74) is 3.35. The largest absolute Gasteiger partial charge is 0.491 e. The van der Waals surface area contributed by atoms with E-state index in [1.807, 2.05) is 54.8 Å². The molecule has 1 saturated heterocycles. The van der Waals surface area contributed by atoms with Gasteiger partial charge in [-0.25, -0.2) is 0 Å². The number of aromatic nitrogens is 2. The molecule has 0 spiro atoms. The van der Waals surface area contributed by atoms with Crippen molar-refractivity contribution in [2.24, 2.45) is 7.05 Å². The second kappa shape index (κ2) is 10.1. The molecule has 0 bridgehead atoms. The van der Waals surface area contributed by atoms with Crippen LogP contribution in [0.15, 0.2) is 30.5 Å². The lowest BCUT2D eigenvalue weighted by Gasteiger charge is -2.28. The van der Waals surface area contributed by atoms with E-state index in [2.05, 4.69) is 21.4 Å². The molecule has 0 amide bonds. The minimum Gasteiger partial charge on any atom is -0.491 e. The van der Waals surface area contributed by atoms with Crippen molar-refractivity contribution < 1.29 is 9.84 Å². The van der Waals surface area contributed by atoms with E-state index in [9.17, 15) is 5.11 Å². The zero-order chi connectivity index (χ0) is 19.1. The van der Waals surface area contributed by atoms with Gasteiger partial charge in [-0.1, -0.05) is 18.2 Å². The number of β-amino-alcohol motifs (C(OH)–C–C–N with tert-alkyl or cyclic N) is 1. The predicted molar refractivity (Wildman–Crippen MR) is 110 cm³/mol. The first-order valence-corrected chi connectivity index (χ1v) is 10.7. The third-order valence-electron chi connectivity index (χ3n) is 4.72. The summed E-state index contributed by atoms with van der Waals surface area (Å²) in [5, 5.41) is 18.1. The number of nitrogens with one attached hydrogen (secondary N) is 1. The molecular formula is C20H30N4O2S. The number of hydrogen-bond acceptors (Lipinski definition) is 6. The molecule has 3 rings (SSSR count). The third kappa shape index (κ3) is 6.24. The average molecular weight is 391 g/mol.